The van der Waals surface area contributed by atoms with Crippen molar-refractivity contribution in [3.63, 3.8) is 0 Å². The van der Waals surface area contributed by atoms with Crippen LogP contribution in [0.5, 0.6) is 0 Å². The zero-order chi connectivity index (χ0) is 18.5. The normalized spacial score (nSPS) is 20.6. The predicted octanol–water partition coefficient (Wildman–Crippen LogP) is 2.25. The fourth-order valence-corrected chi connectivity index (χ4v) is 4.21. The Morgan fingerprint density at radius 2 is 1.96 bits per heavy atom. The largest absolute Gasteiger partial charge is 0.478 e. The number of aromatic nitrogens is 1. The Kier molecular flexibility index (Phi) is 3.95. The molecule has 6 nitrogen and oxygen atoms in total. The van der Waals surface area contributed by atoms with E-state index in [1.54, 1.807) is 6.92 Å². The molecule has 1 aromatic heterocycles. The van der Waals surface area contributed by atoms with Gasteiger partial charge in [0.2, 0.25) is 0 Å². The summed E-state index contributed by atoms with van der Waals surface area (Å²) in [5.74, 6) is -2.50. The molecule has 1 atom stereocenters. The molecule has 3 rings (SSSR count). The average molecular weight is 342 g/mol. The third-order valence-corrected chi connectivity index (χ3v) is 5.11. The van der Waals surface area contributed by atoms with Crippen molar-refractivity contribution in [1.29, 1.82) is 0 Å². The molecule has 0 spiro atoms. The first-order valence-corrected chi connectivity index (χ1v) is 8.19. The first kappa shape index (κ1) is 17.2. The average Bonchev–Trinajstić information content (AvgIpc) is 2.79. The maximum atomic E-state index is 11.8. The van der Waals surface area contributed by atoms with Gasteiger partial charge >= 0.3 is 11.9 Å². The van der Waals surface area contributed by atoms with Crippen molar-refractivity contribution >= 4 is 22.8 Å². The molecule has 0 saturated carbocycles. The van der Waals surface area contributed by atoms with Crippen LogP contribution < -0.4 is 5.32 Å². The fourth-order valence-electron chi connectivity index (χ4n) is 4.21. The van der Waals surface area contributed by atoms with Gasteiger partial charge in [0.05, 0.1) is 11.1 Å². The van der Waals surface area contributed by atoms with Gasteiger partial charge in [0.1, 0.15) is 0 Å². The van der Waals surface area contributed by atoms with E-state index in [-0.39, 0.29) is 5.57 Å². The lowest BCUT2D eigenvalue weighted by Crippen LogP contribution is -2.49. The number of carbonyl (C=O) groups is 2. The second-order valence-electron chi connectivity index (χ2n) is 6.87. The summed E-state index contributed by atoms with van der Waals surface area (Å²) < 4.78 is 2.00. The highest BCUT2D eigenvalue weighted by molar-refractivity contribution is 5.98. The molecule has 0 saturated heterocycles. The van der Waals surface area contributed by atoms with Crippen LogP contribution in [0.25, 0.3) is 10.9 Å². The van der Waals surface area contributed by atoms with Crippen molar-refractivity contribution in [3.05, 3.63) is 46.2 Å². The topological polar surface area (TPSA) is 91.6 Å². The van der Waals surface area contributed by atoms with Crippen molar-refractivity contribution in [1.82, 2.24) is 9.88 Å². The summed E-state index contributed by atoms with van der Waals surface area (Å²) in [6.45, 7) is 6.41. The van der Waals surface area contributed by atoms with E-state index in [4.69, 9.17) is 5.11 Å². The van der Waals surface area contributed by atoms with Gasteiger partial charge in [-0.2, -0.15) is 0 Å². The summed E-state index contributed by atoms with van der Waals surface area (Å²) in [7, 11) is 1.91. The van der Waals surface area contributed by atoms with E-state index in [0.29, 0.717) is 6.54 Å². The highest BCUT2D eigenvalue weighted by Gasteiger charge is 2.42. The van der Waals surface area contributed by atoms with Crippen LogP contribution in [0.15, 0.2) is 23.8 Å². The van der Waals surface area contributed by atoms with Gasteiger partial charge < -0.3 is 20.1 Å². The van der Waals surface area contributed by atoms with E-state index >= 15 is 0 Å². The Hall–Kier alpha value is -2.60. The maximum Gasteiger partial charge on any atom is 0.334 e. The van der Waals surface area contributed by atoms with Crippen LogP contribution in [-0.2, 0) is 28.6 Å². The number of carboxylic acids is 2. The van der Waals surface area contributed by atoms with Gasteiger partial charge in [0.15, 0.2) is 0 Å². The van der Waals surface area contributed by atoms with E-state index in [2.05, 4.69) is 24.4 Å². The third-order valence-electron chi connectivity index (χ3n) is 5.11. The number of rotatable bonds is 3. The quantitative estimate of drug-likeness (QED) is 0.744. The number of aliphatic carboxylic acids is 2. The third kappa shape index (κ3) is 2.53. The fraction of sp³-hybridized carbons (Fsp3) is 0.368. The molecule has 1 aromatic carbocycles. The van der Waals surface area contributed by atoms with Gasteiger partial charge in [-0.05, 0) is 49.9 Å². The molecule has 0 aliphatic carbocycles. The predicted molar refractivity (Wildman–Crippen MR) is 94.8 cm³/mol. The lowest BCUT2D eigenvalue weighted by atomic mass is 9.81. The summed E-state index contributed by atoms with van der Waals surface area (Å²) in [4.78, 5) is 23.0. The van der Waals surface area contributed by atoms with Gasteiger partial charge in [-0.15, -0.1) is 0 Å². The number of aryl methyl sites for hydroxylation is 3. The number of nitrogens with one attached hydrogen (secondary N) is 1. The van der Waals surface area contributed by atoms with E-state index < -0.39 is 17.5 Å². The molecule has 0 amide bonds. The SMILES string of the molecule is Cc1cc(C)c2c3c(n(C)c2c1)C(C)(C(=CC(=O)O)C(=O)O)NCC3. The zero-order valence-electron chi connectivity index (χ0n) is 14.8. The van der Waals surface area contributed by atoms with Crippen molar-refractivity contribution < 1.29 is 19.8 Å². The Morgan fingerprint density at radius 3 is 2.56 bits per heavy atom. The Labute approximate surface area is 145 Å². The summed E-state index contributed by atoms with van der Waals surface area (Å²) in [6.07, 6.45) is 1.56. The summed E-state index contributed by atoms with van der Waals surface area (Å²) in [5.41, 5.74) is 3.99. The maximum absolute atomic E-state index is 11.8. The Morgan fingerprint density at radius 1 is 1.28 bits per heavy atom. The molecule has 2 heterocycles. The van der Waals surface area contributed by atoms with Crippen LogP contribution in [0, 0.1) is 13.8 Å². The van der Waals surface area contributed by atoms with Crippen LogP contribution in [0.2, 0.25) is 0 Å². The van der Waals surface area contributed by atoms with Gasteiger partial charge in [0, 0.05) is 36.3 Å². The number of fused-ring (bicyclic) bond motifs is 3. The number of benzene rings is 1. The van der Waals surface area contributed by atoms with E-state index in [1.165, 1.54) is 0 Å². The highest BCUT2D eigenvalue weighted by Crippen LogP contribution is 2.41. The molecular formula is C19H22N2O4. The van der Waals surface area contributed by atoms with Crippen LogP contribution in [0.1, 0.15) is 29.3 Å². The molecular weight excluding hydrogens is 320 g/mol. The summed E-state index contributed by atoms with van der Waals surface area (Å²) in [5, 5.41) is 23.2. The molecule has 1 unspecified atom stereocenters. The van der Waals surface area contributed by atoms with Gasteiger partial charge in [-0.3, -0.25) is 0 Å². The summed E-state index contributed by atoms with van der Waals surface area (Å²) >= 11 is 0. The highest BCUT2D eigenvalue weighted by atomic mass is 16.4. The van der Waals surface area contributed by atoms with Gasteiger partial charge in [-0.25, -0.2) is 9.59 Å². The first-order valence-electron chi connectivity index (χ1n) is 8.19. The van der Waals surface area contributed by atoms with Crippen LogP contribution >= 0.6 is 0 Å². The molecule has 0 bridgehead atoms. The van der Waals surface area contributed by atoms with E-state index in [9.17, 15) is 14.7 Å². The molecule has 0 fully saturated rings. The van der Waals surface area contributed by atoms with Crippen LogP contribution in [0.3, 0.4) is 0 Å². The first-order chi connectivity index (χ1) is 11.7. The second kappa shape index (κ2) is 5.74. The monoisotopic (exact) mass is 342 g/mol. The van der Waals surface area contributed by atoms with Crippen LogP contribution in [-0.4, -0.2) is 33.3 Å². The standard InChI is InChI=1S/C19H22N2O4/c1-10-7-11(2)16-12-5-6-20-19(3,13(18(24)25)9-15(22)23)17(12)21(4)14(16)8-10/h7-9,20H,5-6H2,1-4H3,(H,22,23)(H,24,25). The molecule has 6 heteroatoms. The zero-order valence-corrected chi connectivity index (χ0v) is 14.8. The second-order valence-corrected chi connectivity index (χ2v) is 6.87. The molecule has 1 aliphatic rings. The Balaban J connectivity index is 2.39. The molecule has 2 aromatic rings. The number of carboxylic acid groups (broad SMARTS) is 2. The number of hydrogen-bond donors (Lipinski definition) is 3. The minimum atomic E-state index is -1.27. The minimum Gasteiger partial charge on any atom is -0.478 e. The molecule has 0 radical (unpaired) electrons. The van der Waals surface area contributed by atoms with Gasteiger partial charge in [0.25, 0.3) is 0 Å². The van der Waals surface area contributed by atoms with E-state index in [1.807, 2.05) is 18.5 Å². The summed E-state index contributed by atoms with van der Waals surface area (Å²) in [6, 6.07) is 4.20. The molecule has 3 N–H and O–H groups in total. The van der Waals surface area contributed by atoms with Crippen molar-refractivity contribution in [3.8, 4) is 0 Å². The lowest BCUT2D eigenvalue weighted by Gasteiger charge is -2.37. The smallest absolute Gasteiger partial charge is 0.334 e. The minimum absolute atomic E-state index is 0.166. The Bertz CT molecular complexity index is 939. The number of nitrogens with zero attached hydrogens (tertiary/aromatic N) is 1. The number of hydrogen-bond acceptors (Lipinski definition) is 3. The van der Waals surface area contributed by atoms with E-state index in [0.717, 1.165) is 45.8 Å². The molecule has 1 aliphatic heterocycles. The van der Waals surface area contributed by atoms with Crippen LogP contribution in [0.4, 0.5) is 0 Å². The molecule has 25 heavy (non-hydrogen) atoms. The van der Waals surface area contributed by atoms with Crippen molar-refractivity contribution in [2.45, 2.75) is 32.7 Å². The lowest BCUT2D eigenvalue weighted by molar-refractivity contribution is -0.136. The molecule has 132 valence electrons. The van der Waals surface area contributed by atoms with Crippen molar-refractivity contribution in [2.24, 2.45) is 7.05 Å². The van der Waals surface area contributed by atoms with Crippen molar-refractivity contribution in [2.75, 3.05) is 6.54 Å². The van der Waals surface area contributed by atoms with Gasteiger partial charge in [-0.1, -0.05) is 6.07 Å².